The Morgan fingerprint density at radius 3 is 2.48 bits per heavy atom. The number of anilines is 1. The molecule has 0 heterocycles. The van der Waals surface area contributed by atoms with Crippen molar-refractivity contribution in [2.24, 2.45) is 0 Å². The maximum atomic E-state index is 12.9. The average molecular weight is 368 g/mol. The lowest BCUT2D eigenvalue weighted by molar-refractivity contribution is -0.123. The van der Waals surface area contributed by atoms with Crippen molar-refractivity contribution >= 4 is 17.5 Å². The second-order valence-electron chi connectivity index (χ2n) is 5.95. The first-order valence-electron chi connectivity index (χ1n) is 8.53. The summed E-state index contributed by atoms with van der Waals surface area (Å²) >= 11 is 0. The molecule has 2 N–H and O–H groups in total. The number of hydrogen-bond donors (Lipinski definition) is 2. The number of hydrogen-bond acceptors (Lipinski definition) is 4. The lowest BCUT2D eigenvalue weighted by atomic mass is 10.2. The van der Waals surface area contributed by atoms with E-state index in [1.807, 2.05) is 13.0 Å². The van der Waals surface area contributed by atoms with Crippen molar-refractivity contribution in [3.63, 3.8) is 0 Å². The summed E-state index contributed by atoms with van der Waals surface area (Å²) in [4.78, 5) is 26.0. The number of nitrogens with zero attached hydrogens (tertiary/aromatic N) is 2. The van der Waals surface area contributed by atoms with Crippen LogP contribution in [-0.2, 0) is 16.1 Å². The standard InChI is InChI=1S/C20H21FN4O2/c1-2-25(13-19(26)23-12-15-6-8-17(21)9-7-15)14-20(27)24-18-5-3-4-16(10-18)11-22/h3-10H,2,12-14H2,1H3,(H,23,26)(H,24,27). The third kappa shape index (κ3) is 6.88. The molecule has 0 bridgehead atoms. The number of nitriles is 1. The summed E-state index contributed by atoms with van der Waals surface area (Å²) in [5.41, 5.74) is 1.79. The minimum atomic E-state index is -0.325. The normalized spacial score (nSPS) is 10.3. The number of carbonyl (C=O) groups is 2. The highest BCUT2D eigenvalue weighted by molar-refractivity contribution is 5.92. The number of likely N-dealkylation sites (N-methyl/N-ethyl adjacent to an activating group) is 1. The summed E-state index contributed by atoms with van der Waals surface area (Å²) < 4.78 is 12.9. The molecule has 0 aromatic heterocycles. The van der Waals surface area contributed by atoms with Gasteiger partial charge in [0.2, 0.25) is 11.8 Å². The van der Waals surface area contributed by atoms with Gasteiger partial charge in [0.1, 0.15) is 5.82 Å². The highest BCUT2D eigenvalue weighted by atomic mass is 19.1. The van der Waals surface area contributed by atoms with Gasteiger partial charge in [0.05, 0.1) is 24.7 Å². The number of carbonyl (C=O) groups excluding carboxylic acids is 2. The van der Waals surface area contributed by atoms with Gasteiger partial charge >= 0.3 is 0 Å². The molecule has 2 aromatic rings. The fourth-order valence-corrected chi connectivity index (χ4v) is 2.41. The Hall–Kier alpha value is -3.24. The highest BCUT2D eigenvalue weighted by Gasteiger charge is 2.13. The summed E-state index contributed by atoms with van der Waals surface area (Å²) in [7, 11) is 0. The van der Waals surface area contributed by atoms with Crippen molar-refractivity contribution in [1.29, 1.82) is 5.26 Å². The molecule has 0 radical (unpaired) electrons. The van der Waals surface area contributed by atoms with Crippen LogP contribution in [0.5, 0.6) is 0 Å². The molecule has 0 saturated carbocycles. The zero-order chi connectivity index (χ0) is 19.6. The molecule has 2 amide bonds. The van der Waals surface area contributed by atoms with Crippen LogP contribution in [0.25, 0.3) is 0 Å². The first-order valence-corrected chi connectivity index (χ1v) is 8.53. The van der Waals surface area contributed by atoms with Gasteiger partial charge < -0.3 is 10.6 Å². The lowest BCUT2D eigenvalue weighted by Gasteiger charge is -2.19. The molecular weight excluding hydrogens is 347 g/mol. The Bertz CT molecular complexity index is 831. The smallest absolute Gasteiger partial charge is 0.238 e. The number of rotatable bonds is 8. The van der Waals surface area contributed by atoms with Gasteiger partial charge in [-0.2, -0.15) is 5.26 Å². The van der Waals surface area contributed by atoms with E-state index in [1.165, 1.54) is 12.1 Å². The van der Waals surface area contributed by atoms with Gasteiger partial charge in [-0.15, -0.1) is 0 Å². The number of halogens is 1. The molecule has 0 unspecified atom stereocenters. The molecule has 0 aliphatic rings. The molecule has 0 spiro atoms. The van der Waals surface area contributed by atoms with Gasteiger partial charge in [-0.3, -0.25) is 14.5 Å². The fourth-order valence-electron chi connectivity index (χ4n) is 2.41. The van der Waals surface area contributed by atoms with Gasteiger partial charge in [-0.1, -0.05) is 25.1 Å². The summed E-state index contributed by atoms with van der Waals surface area (Å²) in [6.45, 7) is 2.80. The molecule has 0 atom stereocenters. The van der Waals surface area contributed by atoms with Gasteiger partial charge in [0.15, 0.2) is 0 Å². The van der Waals surface area contributed by atoms with Crippen LogP contribution in [0.15, 0.2) is 48.5 Å². The Morgan fingerprint density at radius 1 is 1.11 bits per heavy atom. The molecule has 140 valence electrons. The van der Waals surface area contributed by atoms with E-state index in [1.54, 1.807) is 41.3 Å². The second-order valence-corrected chi connectivity index (χ2v) is 5.95. The zero-order valence-electron chi connectivity index (χ0n) is 15.0. The van der Waals surface area contributed by atoms with Crippen LogP contribution < -0.4 is 10.6 Å². The molecular formula is C20H21FN4O2. The maximum Gasteiger partial charge on any atom is 0.238 e. The molecule has 27 heavy (non-hydrogen) atoms. The third-order valence-electron chi connectivity index (χ3n) is 3.86. The Kier molecular flexibility index (Phi) is 7.47. The first kappa shape index (κ1) is 20.1. The third-order valence-corrected chi connectivity index (χ3v) is 3.86. The quantitative estimate of drug-likeness (QED) is 0.749. The van der Waals surface area contributed by atoms with E-state index in [0.717, 1.165) is 5.56 Å². The van der Waals surface area contributed by atoms with Crippen molar-refractivity contribution in [2.45, 2.75) is 13.5 Å². The molecule has 2 rings (SSSR count). The fraction of sp³-hybridized carbons (Fsp3) is 0.250. The first-order chi connectivity index (χ1) is 13.0. The van der Waals surface area contributed by atoms with E-state index in [0.29, 0.717) is 24.3 Å². The summed E-state index contributed by atoms with van der Waals surface area (Å²) in [6, 6.07) is 14.5. The van der Waals surface area contributed by atoms with Crippen molar-refractivity contribution in [3.8, 4) is 6.07 Å². The number of amides is 2. The van der Waals surface area contributed by atoms with Crippen molar-refractivity contribution in [3.05, 3.63) is 65.5 Å². The van der Waals surface area contributed by atoms with Gasteiger partial charge in [0.25, 0.3) is 0 Å². The highest BCUT2D eigenvalue weighted by Crippen LogP contribution is 2.09. The average Bonchev–Trinajstić information content (AvgIpc) is 2.67. The minimum Gasteiger partial charge on any atom is -0.351 e. The van der Waals surface area contributed by atoms with Crippen LogP contribution in [0.3, 0.4) is 0 Å². The topological polar surface area (TPSA) is 85.2 Å². The number of benzene rings is 2. The molecule has 0 aliphatic carbocycles. The van der Waals surface area contributed by atoms with Gasteiger partial charge in [-0.25, -0.2) is 4.39 Å². The van der Waals surface area contributed by atoms with Crippen LogP contribution in [0.4, 0.5) is 10.1 Å². The van der Waals surface area contributed by atoms with E-state index < -0.39 is 0 Å². The number of nitrogens with one attached hydrogen (secondary N) is 2. The summed E-state index contributed by atoms with van der Waals surface area (Å²) in [5, 5.41) is 14.4. The van der Waals surface area contributed by atoms with E-state index >= 15 is 0 Å². The van der Waals surface area contributed by atoms with Crippen LogP contribution in [0, 0.1) is 17.1 Å². The van der Waals surface area contributed by atoms with Crippen LogP contribution >= 0.6 is 0 Å². The van der Waals surface area contributed by atoms with Crippen molar-refractivity contribution < 1.29 is 14.0 Å². The molecule has 6 nitrogen and oxygen atoms in total. The second kappa shape index (κ2) is 10.0. The molecule has 0 saturated heterocycles. The summed E-state index contributed by atoms with van der Waals surface area (Å²) in [6.07, 6.45) is 0. The van der Waals surface area contributed by atoms with Crippen LogP contribution in [-0.4, -0.2) is 36.3 Å². The SMILES string of the molecule is CCN(CC(=O)NCc1ccc(F)cc1)CC(=O)Nc1cccc(C#N)c1. The van der Waals surface area contributed by atoms with Crippen molar-refractivity contribution in [2.75, 3.05) is 25.0 Å². The van der Waals surface area contributed by atoms with Crippen molar-refractivity contribution in [1.82, 2.24) is 10.2 Å². The van der Waals surface area contributed by atoms with E-state index in [4.69, 9.17) is 5.26 Å². The lowest BCUT2D eigenvalue weighted by Crippen LogP contribution is -2.40. The zero-order valence-corrected chi connectivity index (χ0v) is 15.0. The van der Waals surface area contributed by atoms with Crippen LogP contribution in [0.1, 0.15) is 18.1 Å². The Morgan fingerprint density at radius 2 is 1.81 bits per heavy atom. The Labute approximate surface area is 157 Å². The minimum absolute atomic E-state index is 0.0528. The van der Waals surface area contributed by atoms with E-state index in [-0.39, 0.29) is 30.7 Å². The molecule has 2 aromatic carbocycles. The largest absolute Gasteiger partial charge is 0.351 e. The molecule has 0 fully saturated rings. The summed E-state index contributed by atoms with van der Waals surface area (Å²) in [5.74, 6) is -0.813. The molecule has 7 heteroatoms. The van der Waals surface area contributed by atoms with E-state index in [2.05, 4.69) is 10.6 Å². The van der Waals surface area contributed by atoms with Gasteiger partial charge in [-0.05, 0) is 42.4 Å². The van der Waals surface area contributed by atoms with E-state index in [9.17, 15) is 14.0 Å². The van der Waals surface area contributed by atoms with Crippen LogP contribution in [0.2, 0.25) is 0 Å². The predicted octanol–water partition coefficient (Wildman–Crippen LogP) is 2.27. The predicted molar refractivity (Wildman–Crippen MR) is 100 cm³/mol. The monoisotopic (exact) mass is 368 g/mol. The Balaban J connectivity index is 1.81. The maximum absolute atomic E-state index is 12.9. The van der Waals surface area contributed by atoms with Gasteiger partial charge in [0, 0.05) is 12.2 Å². The molecule has 0 aliphatic heterocycles.